The minimum Gasteiger partial charge on any atom is -0.352 e. The molecule has 1 fully saturated rings. The maximum atomic E-state index is 11.8. The number of carbonyl (C=O) groups excluding carboxylic acids is 1. The second-order valence-electron chi connectivity index (χ2n) is 4.31. The SMILES string of the molecule is O=C(NCC1CCCNC1)c1cncc(Br)c1. The van der Waals surface area contributed by atoms with Crippen LogP contribution in [0.15, 0.2) is 22.9 Å². The van der Waals surface area contributed by atoms with Crippen LogP contribution in [-0.2, 0) is 0 Å². The number of carbonyl (C=O) groups is 1. The number of hydrogen-bond acceptors (Lipinski definition) is 3. The second-order valence-corrected chi connectivity index (χ2v) is 5.23. The first-order valence-corrected chi connectivity index (χ1v) is 6.64. The quantitative estimate of drug-likeness (QED) is 0.890. The van der Waals surface area contributed by atoms with Crippen LogP contribution in [-0.4, -0.2) is 30.5 Å². The van der Waals surface area contributed by atoms with Gasteiger partial charge in [-0.1, -0.05) is 0 Å². The number of piperidine rings is 1. The van der Waals surface area contributed by atoms with Crippen LogP contribution in [0.25, 0.3) is 0 Å². The fourth-order valence-corrected chi connectivity index (χ4v) is 2.34. The first-order valence-electron chi connectivity index (χ1n) is 5.85. The van der Waals surface area contributed by atoms with Crippen LogP contribution in [0.1, 0.15) is 23.2 Å². The first kappa shape index (κ1) is 12.5. The molecule has 1 aromatic rings. The Morgan fingerprint density at radius 3 is 3.18 bits per heavy atom. The van der Waals surface area contributed by atoms with E-state index in [2.05, 4.69) is 31.5 Å². The van der Waals surface area contributed by atoms with Gasteiger partial charge < -0.3 is 10.6 Å². The maximum absolute atomic E-state index is 11.8. The molecule has 1 amide bonds. The standard InChI is InChI=1S/C12H16BrN3O/c13-11-4-10(7-15-8-11)12(17)16-6-9-2-1-3-14-5-9/h4,7-9,14H,1-3,5-6H2,(H,16,17). The lowest BCUT2D eigenvalue weighted by molar-refractivity contribution is 0.0944. The zero-order valence-corrected chi connectivity index (χ0v) is 11.2. The number of rotatable bonds is 3. The van der Waals surface area contributed by atoms with Crippen molar-refractivity contribution in [3.8, 4) is 0 Å². The Kier molecular flexibility index (Phi) is 4.50. The van der Waals surface area contributed by atoms with E-state index >= 15 is 0 Å². The van der Waals surface area contributed by atoms with Crippen molar-refractivity contribution in [2.45, 2.75) is 12.8 Å². The zero-order valence-electron chi connectivity index (χ0n) is 9.58. The van der Waals surface area contributed by atoms with Crippen molar-refractivity contribution < 1.29 is 4.79 Å². The van der Waals surface area contributed by atoms with Crippen molar-refractivity contribution in [3.63, 3.8) is 0 Å². The zero-order chi connectivity index (χ0) is 12.1. The molecule has 92 valence electrons. The molecule has 0 bridgehead atoms. The van der Waals surface area contributed by atoms with Crippen LogP contribution in [0.5, 0.6) is 0 Å². The van der Waals surface area contributed by atoms with E-state index in [9.17, 15) is 4.79 Å². The number of hydrogen-bond donors (Lipinski definition) is 2. The van der Waals surface area contributed by atoms with E-state index in [0.29, 0.717) is 11.5 Å². The van der Waals surface area contributed by atoms with Crippen molar-refractivity contribution >= 4 is 21.8 Å². The second kappa shape index (κ2) is 6.12. The van der Waals surface area contributed by atoms with Crippen molar-refractivity contribution in [1.82, 2.24) is 15.6 Å². The summed E-state index contributed by atoms with van der Waals surface area (Å²) in [5, 5.41) is 6.29. The van der Waals surface area contributed by atoms with E-state index in [4.69, 9.17) is 0 Å². The molecule has 0 spiro atoms. The molecule has 17 heavy (non-hydrogen) atoms. The molecule has 1 atom stereocenters. The molecular formula is C12H16BrN3O. The molecule has 0 radical (unpaired) electrons. The van der Waals surface area contributed by atoms with E-state index in [-0.39, 0.29) is 5.91 Å². The highest BCUT2D eigenvalue weighted by molar-refractivity contribution is 9.10. The van der Waals surface area contributed by atoms with E-state index < -0.39 is 0 Å². The lowest BCUT2D eigenvalue weighted by atomic mass is 10.00. The van der Waals surface area contributed by atoms with Crippen LogP contribution >= 0.6 is 15.9 Å². The summed E-state index contributed by atoms with van der Waals surface area (Å²) in [7, 11) is 0. The fourth-order valence-electron chi connectivity index (χ4n) is 1.97. The molecule has 2 heterocycles. The summed E-state index contributed by atoms with van der Waals surface area (Å²) in [6, 6.07) is 1.78. The Balaban J connectivity index is 1.84. The van der Waals surface area contributed by atoms with E-state index in [1.807, 2.05) is 0 Å². The molecule has 1 aliphatic heterocycles. The fraction of sp³-hybridized carbons (Fsp3) is 0.500. The topological polar surface area (TPSA) is 54.0 Å². The minimum atomic E-state index is -0.0515. The Morgan fingerprint density at radius 2 is 2.47 bits per heavy atom. The summed E-state index contributed by atoms with van der Waals surface area (Å²) in [5.41, 5.74) is 0.600. The predicted octanol–water partition coefficient (Wildman–Crippen LogP) is 1.57. The maximum Gasteiger partial charge on any atom is 0.252 e. The number of amides is 1. The Morgan fingerprint density at radius 1 is 1.59 bits per heavy atom. The van der Waals surface area contributed by atoms with Gasteiger partial charge >= 0.3 is 0 Å². The minimum absolute atomic E-state index is 0.0515. The number of aromatic nitrogens is 1. The summed E-state index contributed by atoms with van der Waals surface area (Å²) < 4.78 is 0.824. The van der Waals surface area contributed by atoms with Crippen molar-refractivity contribution in [3.05, 3.63) is 28.5 Å². The monoisotopic (exact) mass is 297 g/mol. The third-order valence-corrected chi connectivity index (χ3v) is 3.35. The first-order chi connectivity index (χ1) is 8.25. The summed E-state index contributed by atoms with van der Waals surface area (Å²) in [5.74, 6) is 0.497. The van der Waals surface area contributed by atoms with Gasteiger partial charge in [-0.25, -0.2) is 0 Å². The van der Waals surface area contributed by atoms with Gasteiger partial charge in [-0.2, -0.15) is 0 Å². The average Bonchev–Trinajstić information content (AvgIpc) is 2.37. The van der Waals surface area contributed by atoms with Gasteiger partial charge in [0.2, 0.25) is 0 Å². The number of pyridine rings is 1. The van der Waals surface area contributed by atoms with Gasteiger partial charge in [0, 0.05) is 23.4 Å². The van der Waals surface area contributed by atoms with Crippen LogP contribution in [0.4, 0.5) is 0 Å². The average molecular weight is 298 g/mol. The van der Waals surface area contributed by atoms with Gasteiger partial charge in [-0.3, -0.25) is 9.78 Å². The van der Waals surface area contributed by atoms with Crippen molar-refractivity contribution in [2.24, 2.45) is 5.92 Å². The molecule has 5 heteroatoms. The molecular weight excluding hydrogens is 282 g/mol. The molecule has 0 aliphatic carbocycles. The molecule has 1 unspecified atom stereocenters. The number of nitrogens with zero attached hydrogens (tertiary/aromatic N) is 1. The van der Waals surface area contributed by atoms with Crippen LogP contribution in [0, 0.1) is 5.92 Å². The smallest absolute Gasteiger partial charge is 0.252 e. The lowest BCUT2D eigenvalue weighted by Crippen LogP contribution is -2.38. The Bertz CT molecular complexity index is 391. The summed E-state index contributed by atoms with van der Waals surface area (Å²) in [6.45, 7) is 2.83. The highest BCUT2D eigenvalue weighted by Crippen LogP contribution is 2.11. The lowest BCUT2D eigenvalue weighted by Gasteiger charge is -2.22. The van der Waals surface area contributed by atoms with E-state index in [1.165, 1.54) is 12.8 Å². The Hall–Kier alpha value is -0.940. The molecule has 1 aliphatic rings. The van der Waals surface area contributed by atoms with Crippen molar-refractivity contribution in [1.29, 1.82) is 0 Å². The van der Waals surface area contributed by atoms with Gasteiger partial charge in [-0.05, 0) is 53.8 Å². The molecule has 2 N–H and O–H groups in total. The molecule has 1 saturated heterocycles. The predicted molar refractivity (Wildman–Crippen MR) is 69.9 cm³/mol. The normalized spacial score (nSPS) is 19.9. The molecule has 4 nitrogen and oxygen atoms in total. The largest absolute Gasteiger partial charge is 0.352 e. The summed E-state index contributed by atoms with van der Waals surface area (Å²) in [6.07, 6.45) is 5.63. The molecule has 2 rings (SSSR count). The van der Waals surface area contributed by atoms with Crippen molar-refractivity contribution in [2.75, 3.05) is 19.6 Å². The van der Waals surface area contributed by atoms with Gasteiger partial charge in [0.1, 0.15) is 0 Å². The Labute approximate surface area is 109 Å². The molecule has 0 saturated carbocycles. The number of nitrogens with one attached hydrogen (secondary N) is 2. The summed E-state index contributed by atoms with van der Waals surface area (Å²) in [4.78, 5) is 15.8. The van der Waals surface area contributed by atoms with E-state index in [0.717, 1.165) is 24.1 Å². The number of halogens is 1. The highest BCUT2D eigenvalue weighted by Gasteiger charge is 2.14. The van der Waals surface area contributed by atoms with E-state index in [1.54, 1.807) is 18.5 Å². The van der Waals surface area contributed by atoms with Gasteiger partial charge in [0.25, 0.3) is 5.91 Å². The molecule has 0 aromatic carbocycles. The third kappa shape index (κ3) is 3.78. The van der Waals surface area contributed by atoms with Gasteiger partial charge in [0.05, 0.1) is 5.56 Å². The van der Waals surface area contributed by atoms with Crippen LogP contribution in [0.3, 0.4) is 0 Å². The van der Waals surface area contributed by atoms with Crippen LogP contribution in [0.2, 0.25) is 0 Å². The molecule has 1 aromatic heterocycles. The van der Waals surface area contributed by atoms with Gasteiger partial charge in [0.15, 0.2) is 0 Å². The third-order valence-electron chi connectivity index (χ3n) is 2.92. The van der Waals surface area contributed by atoms with Gasteiger partial charge in [-0.15, -0.1) is 0 Å². The van der Waals surface area contributed by atoms with Crippen LogP contribution < -0.4 is 10.6 Å². The highest BCUT2D eigenvalue weighted by atomic mass is 79.9. The summed E-state index contributed by atoms with van der Waals surface area (Å²) >= 11 is 3.31.